The Morgan fingerprint density at radius 1 is 1.34 bits per heavy atom. The number of amides is 1. The molecule has 3 rings (SSSR count). The molecule has 1 aliphatic heterocycles. The van der Waals surface area contributed by atoms with E-state index in [0.29, 0.717) is 35.7 Å². The SMILES string of the molecule is CCNC(=NCCc1nc(-c2cccc(Cl)c2)no1)NC1CCN(C(=O)C(C)C)CC1.I. The molecule has 2 N–H and O–H groups in total. The van der Waals surface area contributed by atoms with Crippen LogP contribution in [0.15, 0.2) is 33.8 Å². The number of aliphatic imine (C=N–C) groups is 1. The second-order valence-corrected chi connectivity index (χ2v) is 8.37. The van der Waals surface area contributed by atoms with Gasteiger partial charge in [-0.15, -0.1) is 24.0 Å². The van der Waals surface area contributed by atoms with E-state index in [1.165, 1.54) is 0 Å². The third-order valence-electron chi connectivity index (χ3n) is 5.13. The summed E-state index contributed by atoms with van der Waals surface area (Å²) in [7, 11) is 0. The highest BCUT2D eigenvalue weighted by atomic mass is 127. The number of carbonyl (C=O) groups is 1. The number of nitrogens with zero attached hydrogens (tertiary/aromatic N) is 4. The molecular weight excluding hydrogens is 543 g/mol. The van der Waals surface area contributed by atoms with Crippen molar-refractivity contribution in [3.05, 3.63) is 35.2 Å². The fourth-order valence-electron chi connectivity index (χ4n) is 3.49. The van der Waals surface area contributed by atoms with Crippen LogP contribution in [0.4, 0.5) is 0 Å². The Morgan fingerprint density at radius 3 is 2.75 bits per heavy atom. The number of benzene rings is 1. The van der Waals surface area contributed by atoms with E-state index in [4.69, 9.17) is 16.1 Å². The number of likely N-dealkylation sites (tertiary alicyclic amines) is 1. The molecule has 0 atom stereocenters. The van der Waals surface area contributed by atoms with E-state index in [0.717, 1.165) is 44.0 Å². The molecule has 1 aromatic heterocycles. The first kappa shape index (κ1) is 26.4. The summed E-state index contributed by atoms with van der Waals surface area (Å²) in [4.78, 5) is 23.2. The zero-order valence-electron chi connectivity index (χ0n) is 18.8. The highest BCUT2D eigenvalue weighted by Gasteiger charge is 2.24. The number of hydrogen-bond acceptors (Lipinski definition) is 5. The van der Waals surface area contributed by atoms with Crippen LogP contribution < -0.4 is 10.6 Å². The number of nitrogens with one attached hydrogen (secondary N) is 2. The second kappa shape index (κ2) is 13.0. The number of hydrogen-bond donors (Lipinski definition) is 2. The summed E-state index contributed by atoms with van der Waals surface area (Å²) in [6.45, 7) is 8.79. The van der Waals surface area contributed by atoms with Gasteiger partial charge in [-0.3, -0.25) is 9.79 Å². The smallest absolute Gasteiger partial charge is 0.228 e. The zero-order chi connectivity index (χ0) is 22.2. The molecule has 1 fully saturated rings. The molecule has 2 aromatic rings. The van der Waals surface area contributed by atoms with E-state index in [1.807, 2.05) is 49.9 Å². The minimum atomic E-state index is 0. The van der Waals surface area contributed by atoms with Crippen LogP contribution in [0.5, 0.6) is 0 Å². The van der Waals surface area contributed by atoms with Crippen molar-refractivity contribution in [2.24, 2.45) is 10.9 Å². The second-order valence-electron chi connectivity index (χ2n) is 7.93. The molecule has 1 saturated heterocycles. The van der Waals surface area contributed by atoms with E-state index < -0.39 is 0 Å². The summed E-state index contributed by atoms with van der Waals surface area (Å²) in [6, 6.07) is 7.66. The molecule has 1 amide bonds. The van der Waals surface area contributed by atoms with Gasteiger partial charge in [0.2, 0.25) is 17.6 Å². The van der Waals surface area contributed by atoms with Crippen LogP contribution in [0.3, 0.4) is 0 Å². The minimum absolute atomic E-state index is 0. The molecule has 32 heavy (non-hydrogen) atoms. The summed E-state index contributed by atoms with van der Waals surface area (Å²) in [5.41, 5.74) is 0.822. The maximum atomic E-state index is 12.2. The van der Waals surface area contributed by atoms with Crippen molar-refractivity contribution < 1.29 is 9.32 Å². The summed E-state index contributed by atoms with van der Waals surface area (Å²) in [5, 5.41) is 11.4. The Balaban J connectivity index is 0.00000363. The largest absolute Gasteiger partial charge is 0.357 e. The number of piperidine rings is 1. The van der Waals surface area contributed by atoms with Crippen molar-refractivity contribution in [1.82, 2.24) is 25.7 Å². The Bertz CT molecular complexity index is 896. The monoisotopic (exact) mass is 574 g/mol. The molecule has 0 spiro atoms. The first-order valence-electron chi connectivity index (χ1n) is 10.9. The molecule has 0 bridgehead atoms. The van der Waals surface area contributed by atoms with Crippen LogP contribution in [0.25, 0.3) is 11.4 Å². The zero-order valence-corrected chi connectivity index (χ0v) is 21.9. The van der Waals surface area contributed by atoms with Crippen LogP contribution in [-0.4, -0.2) is 59.1 Å². The van der Waals surface area contributed by atoms with Gasteiger partial charge in [0.15, 0.2) is 5.96 Å². The number of aromatic nitrogens is 2. The molecule has 176 valence electrons. The van der Waals surface area contributed by atoms with E-state index in [2.05, 4.69) is 25.8 Å². The molecule has 2 heterocycles. The highest BCUT2D eigenvalue weighted by Crippen LogP contribution is 2.20. The molecular formula is C22H32ClIN6O2. The summed E-state index contributed by atoms with van der Waals surface area (Å²) < 4.78 is 5.35. The van der Waals surface area contributed by atoms with Gasteiger partial charge in [0, 0.05) is 48.6 Å². The van der Waals surface area contributed by atoms with Gasteiger partial charge in [-0.2, -0.15) is 4.98 Å². The van der Waals surface area contributed by atoms with Gasteiger partial charge in [-0.25, -0.2) is 0 Å². The lowest BCUT2D eigenvalue weighted by Crippen LogP contribution is -2.50. The number of guanidine groups is 1. The maximum Gasteiger partial charge on any atom is 0.228 e. The summed E-state index contributed by atoms with van der Waals surface area (Å²) in [5.74, 6) is 2.11. The van der Waals surface area contributed by atoms with Gasteiger partial charge in [-0.1, -0.05) is 42.7 Å². The minimum Gasteiger partial charge on any atom is -0.357 e. The fourth-order valence-corrected chi connectivity index (χ4v) is 3.68. The van der Waals surface area contributed by atoms with Gasteiger partial charge >= 0.3 is 0 Å². The Labute approximate surface area is 211 Å². The lowest BCUT2D eigenvalue weighted by molar-refractivity contribution is -0.135. The predicted molar refractivity (Wildman–Crippen MR) is 137 cm³/mol. The van der Waals surface area contributed by atoms with E-state index >= 15 is 0 Å². The first-order valence-corrected chi connectivity index (χ1v) is 11.3. The topological polar surface area (TPSA) is 95.7 Å². The molecule has 1 aliphatic rings. The third-order valence-corrected chi connectivity index (χ3v) is 5.37. The molecule has 0 radical (unpaired) electrons. The van der Waals surface area contributed by atoms with Crippen molar-refractivity contribution in [3.8, 4) is 11.4 Å². The molecule has 0 saturated carbocycles. The molecule has 1 aromatic carbocycles. The molecule has 10 heteroatoms. The molecule has 0 aliphatic carbocycles. The van der Waals surface area contributed by atoms with Gasteiger partial charge in [0.1, 0.15) is 0 Å². The third kappa shape index (κ3) is 7.61. The van der Waals surface area contributed by atoms with Gasteiger partial charge in [0.25, 0.3) is 0 Å². The predicted octanol–water partition coefficient (Wildman–Crippen LogP) is 3.75. The average molecular weight is 575 g/mol. The van der Waals surface area contributed by atoms with E-state index in [-0.39, 0.29) is 35.8 Å². The summed E-state index contributed by atoms with van der Waals surface area (Å²) in [6.07, 6.45) is 2.37. The van der Waals surface area contributed by atoms with Crippen molar-refractivity contribution in [2.45, 2.75) is 46.1 Å². The highest BCUT2D eigenvalue weighted by molar-refractivity contribution is 14.0. The Morgan fingerprint density at radius 2 is 2.09 bits per heavy atom. The maximum absolute atomic E-state index is 12.2. The lowest BCUT2D eigenvalue weighted by Gasteiger charge is -2.34. The van der Waals surface area contributed by atoms with Gasteiger partial charge < -0.3 is 20.1 Å². The van der Waals surface area contributed by atoms with Gasteiger partial charge in [0.05, 0.1) is 6.54 Å². The number of rotatable bonds is 7. The van der Waals surface area contributed by atoms with Crippen molar-refractivity contribution in [1.29, 1.82) is 0 Å². The average Bonchev–Trinajstić information content (AvgIpc) is 3.23. The van der Waals surface area contributed by atoms with Crippen LogP contribution in [0, 0.1) is 5.92 Å². The normalized spacial score (nSPS) is 14.9. The Hall–Kier alpha value is -1.88. The number of halogens is 2. The number of carbonyl (C=O) groups excluding carboxylic acids is 1. The lowest BCUT2D eigenvalue weighted by atomic mass is 10.0. The van der Waals surface area contributed by atoms with E-state index in [9.17, 15) is 4.79 Å². The van der Waals surface area contributed by atoms with Crippen LogP contribution >= 0.6 is 35.6 Å². The molecule has 8 nitrogen and oxygen atoms in total. The van der Waals surface area contributed by atoms with Crippen LogP contribution in [0.2, 0.25) is 5.02 Å². The summed E-state index contributed by atoms with van der Waals surface area (Å²) >= 11 is 6.03. The van der Waals surface area contributed by atoms with Crippen molar-refractivity contribution >= 4 is 47.4 Å². The Kier molecular flexibility index (Phi) is 10.7. The van der Waals surface area contributed by atoms with Crippen molar-refractivity contribution in [2.75, 3.05) is 26.2 Å². The van der Waals surface area contributed by atoms with Gasteiger partial charge in [-0.05, 0) is 31.9 Å². The first-order chi connectivity index (χ1) is 15.0. The standard InChI is InChI=1S/C22H31ClN6O2.HI/c1-4-24-22(26-18-9-12-29(13-10-18)21(30)15(2)3)25-11-8-19-27-20(28-31-19)16-6-5-7-17(23)14-16;/h5-7,14-15,18H,4,8-13H2,1-3H3,(H2,24,25,26);1H. The quantitative estimate of drug-likeness (QED) is 0.297. The van der Waals surface area contributed by atoms with E-state index in [1.54, 1.807) is 0 Å². The van der Waals surface area contributed by atoms with Crippen LogP contribution in [0.1, 0.15) is 39.5 Å². The molecule has 0 unspecified atom stereocenters. The van der Waals surface area contributed by atoms with Crippen molar-refractivity contribution in [3.63, 3.8) is 0 Å². The fraction of sp³-hybridized carbons (Fsp3) is 0.545. The van der Waals surface area contributed by atoms with Crippen LogP contribution in [-0.2, 0) is 11.2 Å².